The van der Waals surface area contributed by atoms with Crippen molar-refractivity contribution in [1.29, 1.82) is 0 Å². The summed E-state index contributed by atoms with van der Waals surface area (Å²) in [4.78, 5) is 10.9. The lowest BCUT2D eigenvalue weighted by Crippen LogP contribution is -2.02. The van der Waals surface area contributed by atoms with E-state index in [4.69, 9.17) is 16.7 Å². The predicted octanol–water partition coefficient (Wildman–Crippen LogP) is 2.11. The lowest BCUT2D eigenvalue weighted by Gasteiger charge is -1.97. The molecule has 0 fully saturated rings. The van der Waals surface area contributed by atoms with Crippen molar-refractivity contribution < 1.29 is 9.90 Å². The van der Waals surface area contributed by atoms with Crippen LogP contribution in [0.5, 0.6) is 0 Å². The van der Waals surface area contributed by atoms with E-state index in [1.807, 2.05) is 0 Å². The van der Waals surface area contributed by atoms with Gasteiger partial charge in [0.1, 0.15) is 0 Å². The number of carbonyl (C=O) groups is 1. The molecule has 4 heteroatoms. The van der Waals surface area contributed by atoms with E-state index in [0.29, 0.717) is 4.88 Å². The van der Waals surface area contributed by atoms with Gasteiger partial charge in [-0.3, -0.25) is 4.79 Å². The first-order valence-corrected chi connectivity index (χ1v) is 3.93. The maximum Gasteiger partial charge on any atom is 0.327 e. The lowest BCUT2D eigenvalue weighted by molar-refractivity contribution is -0.136. The number of aliphatic carboxylic acids is 1. The zero-order valence-corrected chi connectivity index (χ0v) is 6.52. The third-order valence-corrected chi connectivity index (χ3v) is 2.50. The molecule has 54 valence electrons. The van der Waals surface area contributed by atoms with Gasteiger partial charge in [-0.25, -0.2) is 0 Å². The van der Waals surface area contributed by atoms with E-state index in [1.165, 1.54) is 11.3 Å². The molecule has 1 aromatic rings. The molecular formula is C6H5ClO2S. The number of hydrogen-bond acceptors (Lipinski definition) is 2. The summed E-state index contributed by atoms with van der Waals surface area (Å²) in [5.74, 6) is -0.996. The van der Waals surface area contributed by atoms with Crippen LogP contribution < -0.4 is 0 Å². The molecule has 0 aromatic carbocycles. The first kappa shape index (κ1) is 7.57. The molecule has 0 saturated heterocycles. The van der Waals surface area contributed by atoms with Gasteiger partial charge in [0.05, 0.1) is 0 Å². The van der Waals surface area contributed by atoms with Gasteiger partial charge < -0.3 is 5.11 Å². The Bertz CT molecular complexity index is 220. The van der Waals surface area contributed by atoms with Gasteiger partial charge in [0, 0.05) is 4.88 Å². The highest BCUT2D eigenvalue weighted by Gasteiger charge is 2.16. The molecule has 1 aromatic heterocycles. The van der Waals surface area contributed by atoms with Crippen molar-refractivity contribution in [3.63, 3.8) is 0 Å². The second-order valence-electron chi connectivity index (χ2n) is 1.72. The molecule has 10 heavy (non-hydrogen) atoms. The number of carboxylic acid groups (broad SMARTS) is 1. The van der Waals surface area contributed by atoms with Crippen LogP contribution in [0.25, 0.3) is 0 Å². The zero-order valence-electron chi connectivity index (χ0n) is 4.95. The Morgan fingerprint density at radius 3 is 2.90 bits per heavy atom. The summed E-state index contributed by atoms with van der Waals surface area (Å²) in [6.45, 7) is 0. The summed E-state index contributed by atoms with van der Waals surface area (Å²) in [6, 6.07) is 3.48. The molecule has 0 spiro atoms. The molecule has 0 aliphatic heterocycles. The average Bonchev–Trinajstić information content (AvgIpc) is 2.36. The van der Waals surface area contributed by atoms with E-state index in [2.05, 4.69) is 0 Å². The minimum atomic E-state index is -0.996. The third-order valence-electron chi connectivity index (χ3n) is 1.01. The quantitative estimate of drug-likeness (QED) is 0.701. The van der Waals surface area contributed by atoms with Crippen molar-refractivity contribution in [2.75, 3.05) is 0 Å². The molecule has 0 bridgehead atoms. The summed E-state index contributed by atoms with van der Waals surface area (Å²) in [7, 11) is 0. The molecule has 1 rings (SSSR count). The fourth-order valence-corrected chi connectivity index (χ4v) is 1.48. The van der Waals surface area contributed by atoms with Crippen molar-refractivity contribution in [2.24, 2.45) is 0 Å². The van der Waals surface area contributed by atoms with Crippen molar-refractivity contribution in [3.8, 4) is 0 Å². The van der Waals surface area contributed by atoms with E-state index in [-0.39, 0.29) is 0 Å². The second-order valence-corrected chi connectivity index (χ2v) is 3.13. The molecule has 1 N–H and O–H groups in total. The minimum absolute atomic E-state index is 0.675. The topological polar surface area (TPSA) is 37.3 Å². The summed E-state index contributed by atoms with van der Waals surface area (Å²) in [5, 5.41) is 9.34. The van der Waals surface area contributed by atoms with Crippen LogP contribution in [0.2, 0.25) is 0 Å². The minimum Gasteiger partial charge on any atom is -0.480 e. The summed E-state index contributed by atoms with van der Waals surface area (Å²) in [5.41, 5.74) is 0. The van der Waals surface area contributed by atoms with E-state index in [0.717, 1.165) is 0 Å². The Labute approximate surface area is 67.1 Å². The Kier molecular flexibility index (Phi) is 2.29. The molecule has 0 radical (unpaired) electrons. The van der Waals surface area contributed by atoms with E-state index >= 15 is 0 Å². The van der Waals surface area contributed by atoms with E-state index in [1.54, 1.807) is 17.5 Å². The predicted molar refractivity (Wildman–Crippen MR) is 40.5 cm³/mol. The van der Waals surface area contributed by atoms with Crippen LogP contribution in [-0.2, 0) is 4.79 Å². The number of rotatable bonds is 2. The number of hydrogen-bond donors (Lipinski definition) is 1. The Morgan fingerprint density at radius 2 is 2.50 bits per heavy atom. The van der Waals surface area contributed by atoms with Gasteiger partial charge in [-0.2, -0.15) is 0 Å². The Morgan fingerprint density at radius 1 is 1.80 bits per heavy atom. The maximum atomic E-state index is 10.3. The van der Waals surface area contributed by atoms with Crippen LogP contribution in [0.4, 0.5) is 0 Å². The smallest absolute Gasteiger partial charge is 0.327 e. The molecule has 1 atom stereocenters. The molecule has 0 aliphatic rings. The normalized spacial score (nSPS) is 12.9. The van der Waals surface area contributed by atoms with Crippen molar-refractivity contribution >= 4 is 28.9 Å². The molecule has 1 unspecified atom stereocenters. The van der Waals surface area contributed by atoms with Crippen molar-refractivity contribution in [2.45, 2.75) is 5.38 Å². The number of halogens is 1. The van der Waals surface area contributed by atoms with Gasteiger partial charge in [0.25, 0.3) is 0 Å². The molecule has 2 nitrogen and oxygen atoms in total. The van der Waals surface area contributed by atoms with E-state index < -0.39 is 11.3 Å². The Hall–Kier alpha value is -0.540. The number of thiophene rings is 1. The van der Waals surface area contributed by atoms with Crippen LogP contribution in [0.1, 0.15) is 10.3 Å². The van der Waals surface area contributed by atoms with Gasteiger partial charge in [-0.15, -0.1) is 22.9 Å². The molecule has 0 aliphatic carbocycles. The molecule has 0 saturated carbocycles. The highest BCUT2D eigenvalue weighted by atomic mass is 35.5. The largest absolute Gasteiger partial charge is 0.480 e. The third kappa shape index (κ3) is 1.49. The molecular weight excluding hydrogens is 172 g/mol. The summed E-state index contributed by atoms with van der Waals surface area (Å²) >= 11 is 6.84. The standard InChI is InChI=1S/C6H5ClO2S/c7-5(6(8)9)4-2-1-3-10-4/h1-3,5H,(H,8,9). The van der Waals surface area contributed by atoms with Gasteiger partial charge in [-0.05, 0) is 11.4 Å². The van der Waals surface area contributed by atoms with Gasteiger partial charge >= 0.3 is 5.97 Å². The van der Waals surface area contributed by atoms with Gasteiger partial charge in [-0.1, -0.05) is 6.07 Å². The van der Waals surface area contributed by atoms with Gasteiger partial charge in [0.15, 0.2) is 5.38 Å². The van der Waals surface area contributed by atoms with Crippen LogP contribution >= 0.6 is 22.9 Å². The monoisotopic (exact) mass is 176 g/mol. The van der Waals surface area contributed by atoms with Gasteiger partial charge in [0.2, 0.25) is 0 Å². The first-order valence-electron chi connectivity index (χ1n) is 2.62. The Balaban J connectivity index is 2.77. The van der Waals surface area contributed by atoms with E-state index in [9.17, 15) is 4.79 Å². The van der Waals surface area contributed by atoms with Crippen LogP contribution in [0.3, 0.4) is 0 Å². The first-order chi connectivity index (χ1) is 4.72. The molecule has 1 heterocycles. The van der Waals surface area contributed by atoms with Crippen molar-refractivity contribution in [1.82, 2.24) is 0 Å². The lowest BCUT2D eigenvalue weighted by atomic mass is 10.3. The fourth-order valence-electron chi connectivity index (χ4n) is 0.557. The maximum absolute atomic E-state index is 10.3. The highest BCUT2D eigenvalue weighted by molar-refractivity contribution is 7.10. The molecule has 0 amide bonds. The average molecular weight is 177 g/mol. The summed E-state index contributed by atoms with van der Waals surface area (Å²) < 4.78 is 0. The number of carboxylic acids is 1. The number of alkyl halides is 1. The second kappa shape index (κ2) is 3.03. The summed E-state index contributed by atoms with van der Waals surface area (Å²) in [6.07, 6.45) is 0. The van der Waals surface area contributed by atoms with Crippen LogP contribution in [0, 0.1) is 0 Å². The highest BCUT2D eigenvalue weighted by Crippen LogP contribution is 2.24. The fraction of sp³-hybridized carbons (Fsp3) is 0.167. The zero-order chi connectivity index (χ0) is 7.56. The van der Waals surface area contributed by atoms with Crippen molar-refractivity contribution in [3.05, 3.63) is 22.4 Å². The SMILES string of the molecule is O=C(O)C(Cl)c1cccs1. The van der Waals surface area contributed by atoms with Crippen LogP contribution in [0.15, 0.2) is 17.5 Å². The van der Waals surface area contributed by atoms with Crippen LogP contribution in [-0.4, -0.2) is 11.1 Å².